The van der Waals surface area contributed by atoms with Gasteiger partial charge in [0.05, 0.1) is 0 Å². The van der Waals surface area contributed by atoms with Gasteiger partial charge in [0.2, 0.25) is 5.91 Å². The Hall–Kier alpha value is -1.35. The monoisotopic (exact) mass is 420 g/mol. The lowest BCUT2D eigenvalue weighted by molar-refractivity contribution is -0.138. The fraction of sp³-hybridized carbons (Fsp3) is 0.750. The van der Waals surface area contributed by atoms with Crippen molar-refractivity contribution < 1.29 is 4.79 Å². The predicted molar refractivity (Wildman–Crippen MR) is 125 cm³/mol. The van der Waals surface area contributed by atoms with Crippen molar-refractivity contribution in [2.45, 2.75) is 103 Å². The van der Waals surface area contributed by atoms with Gasteiger partial charge in [0, 0.05) is 24.5 Å². The molecule has 0 spiro atoms. The number of amides is 1. The third-order valence-electron chi connectivity index (χ3n) is 10.7. The number of fused-ring (bicyclic) bond motifs is 5. The second-order valence-electron chi connectivity index (χ2n) is 12.3. The van der Waals surface area contributed by atoms with Crippen LogP contribution in [0.3, 0.4) is 0 Å². The molecule has 1 amide bonds. The first-order valence-corrected chi connectivity index (χ1v) is 13.0. The van der Waals surface area contributed by atoms with Crippen molar-refractivity contribution in [3.63, 3.8) is 0 Å². The maximum atomic E-state index is 12.4. The highest BCUT2D eigenvalue weighted by Gasteiger charge is 2.63. The summed E-state index contributed by atoms with van der Waals surface area (Å²) >= 11 is 0. The van der Waals surface area contributed by atoms with Crippen molar-refractivity contribution in [2.75, 3.05) is 0 Å². The second-order valence-corrected chi connectivity index (χ2v) is 12.3. The minimum Gasteiger partial charge on any atom is -0.353 e. The molecule has 3 heteroatoms. The summed E-state index contributed by atoms with van der Waals surface area (Å²) in [5.41, 5.74) is 3.57. The zero-order chi connectivity index (χ0) is 21.4. The molecule has 2 N–H and O–H groups in total. The summed E-state index contributed by atoms with van der Waals surface area (Å²) in [7, 11) is 0. The Kier molecular flexibility index (Phi) is 4.62. The van der Waals surface area contributed by atoms with Gasteiger partial charge in [-0.25, -0.2) is 0 Å². The van der Waals surface area contributed by atoms with Gasteiger partial charge in [0.1, 0.15) is 0 Å². The van der Waals surface area contributed by atoms with Crippen LogP contribution in [0.25, 0.3) is 0 Å². The van der Waals surface area contributed by atoms with E-state index in [9.17, 15) is 4.79 Å². The lowest BCUT2D eigenvalue weighted by Crippen LogP contribution is -2.63. The zero-order valence-corrected chi connectivity index (χ0v) is 19.6. The Labute approximate surface area is 188 Å². The first-order valence-electron chi connectivity index (χ1n) is 13.0. The number of hydrogen-bond donors (Lipinski definition) is 2. The summed E-state index contributed by atoms with van der Waals surface area (Å²) < 4.78 is 0. The number of carbonyl (C=O) groups is 1. The predicted octanol–water partition coefficient (Wildman–Crippen LogP) is 5.33. The molecule has 1 heterocycles. The maximum Gasteiger partial charge on any atom is 0.220 e. The lowest BCUT2D eigenvalue weighted by atomic mass is 9.44. The SMILES string of the molecule is Cc1ccc(C2CC3NC(=O)CC[C@]3(C)[C@@H]3CC[C@]4(C)C(NC5CC5)CC[C@H]4[C@H]23)cc1. The Balaban J connectivity index is 1.39. The fourth-order valence-corrected chi connectivity index (χ4v) is 8.68. The highest BCUT2D eigenvalue weighted by molar-refractivity contribution is 5.77. The number of benzene rings is 1. The molecule has 31 heavy (non-hydrogen) atoms. The van der Waals surface area contributed by atoms with Crippen LogP contribution in [0, 0.1) is 35.5 Å². The maximum absolute atomic E-state index is 12.4. The van der Waals surface area contributed by atoms with E-state index in [1.54, 1.807) is 0 Å². The van der Waals surface area contributed by atoms with Gasteiger partial charge >= 0.3 is 0 Å². The Morgan fingerprint density at radius 1 is 0.935 bits per heavy atom. The van der Waals surface area contributed by atoms with Gasteiger partial charge in [-0.15, -0.1) is 0 Å². The van der Waals surface area contributed by atoms with Crippen molar-refractivity contribution >= 4 is 5.91 Å². The molecular formula is C28H40N2O. The van der Waals surface area contributed by atoms with E-state index in [4.69, 9.17) is 0 Å². The van der Waals surface area contributed by atoms with Gasteiger partial charge < -0.3 is 10.6 Å². The van der Waals surface area contributed by atoms with E-state index in [1.165, 1.54) is 49.7 Å². The molecule has 4 saturated carbocycles. The molecule has 0 aromatic heterocycles. The smallest absolute Gasteiger partial charge is 0.220 e. The highest BCUT2D eigenvalue weighted by Crippen LogP contribution is 2.67. The van der Waals surface area contributed by atoms with E-state index in [0.29, 0.717) is 23.4 Å². The summed E-state index contributed by atoms with van der Waals surface area (Å²) in [5, 5.41) is 7.53. The number of piperidine rings is 1. The molecule has 3 nitrogen and oxygen atoms in total. The normalized spacial score (nSPS) is 46.6. The molecule has 6 rings (SSSR count). The molecule has 1 aliphatic heterocycles. The fourth-order valence-electron chi connectivity index (χ4n) is 8.68. The van der Waals surface area contributed by atoms with Gasteiger partial charge in [0.15, 0.2) is 0 Å². The number of nitrogens with one attached hydrogen (secondary N) is 2. The van der Waals surface area contributed by atoms with E-state index in [1.807, 2.05) is 0 Å². The highest BCUT2D eigenvalue weighted by atomic mass is 16.1. The molecule has 1 aromatic carbocycles. The molecule has 1 saturated heterocycles. The van der Waals surface area contributed by atoms with Crippen molar-refractivity contribution in [2.24, 2.45) is 28.6 Å². The Morgan fingerprint density at radius 2 is 1.68 bits per heavy atom. The van der Waals surface area contributed by atoms with Gasteiger partial charge in [-0.05, 0) is 98.4 Å². The summed E-state index contributed by atoms with van der Waals surface area (Å²) in [6.45, 7) is 7.34. The van der Waals surface area contributed by atoms with Crippen molar-refractivity contribution in [1.82, 2.24) is 10.6 Å². The van der Waals surface area contributed by atoms with Crippen LogP contribution in [0.1, 0.15) is 88.7 Å². The molecule has 1 aromatic rings. The van der Waals surface area contributed by atoms with Crippen LogP contribution in [0.4, 0.5) is 0 Å². The minimum absolute atomic E-state index is 0.267. The first kappa shape index (κ1) is 20.3. The lowest BCUT2D eigenvalue weighted by Gasteiger charge is -2.62. The summed E-state index contributed by atoms with van der Waals surface area (Å²) in [4.78, 5) is 12.4. The minimum atomic E-state index is 0.267. The van der Waals surface area contributed by atoms with Gasteiger partial charge in [-0.2, -0.15) is 0 Å². The molecule has 0 bridgehead atoms. The van der Waals surface area contributed by atoms with Gasteiger partial charge in [-0.1, -0.05) is 43.7 Å². The van der Waals surface area contributed by atoms with Crippen molar-refractivity contribution in [3.8, 4) is 0 Å². The largest absolute Gasteiger partial charge is 0.353 e. The van der Waals surface area contributed by atoms with Crippen LogP contribution in [0.15, 0.2) is 24.3 Å². The molecular weight excluding hydrogens is 380 g/mol. The van der Waals surface area contributed by atoms with Crippen LogP contribution in [0.2, 0.25) is 0 Å². The molecule has 5 aliphatic rings. The Morgan fingerprint density at radius 3 is 2.42 bits per heavy atom. The molecule has 0 radical (unpaired) electrons. The van der Waals surface area contributed by atoms with Crippen molar-refractivity contribution in [1.29, 1.82) is 0 Å². The Bertz CT molecular complexity index is 860. The standard InChI is InChI=1S/C28H40N2O/c1-17-4-6-18(7-5-17)20-16-24-28(3,15-13-25(31)30-24)22-12-14-27(2)21(26(20)22)10-11-23(27)29-19-8-9-19/h4-7,19-24,26,29H,8-16H2,1-3H3,(H,30,31)/t20?,21-,22+,23?,24?,26-,27-,28+/m0/s1. The van der Waals surface area contributed by atoms with E-state index in [0.717, 1.165) is 43.1 Å². The zero-order valence-electron chi connectivity index (χ0n) is 19.6. The van der Waals surface area contributed by atoms with E-state index in [2.05, 4.69) is 55.7 Å². The molecule has 8 atom stereocenters. The van der Waals surface area contributed by atoms with Crippen LogP contribution < -0.4 is 10.6 Å². The van der Waals surface area contributed by atoms with Crippen LogP contribution in [-0.4, -0.2) is 24.0 Å². The first-order chi connectivity index (χ1) is 14.9. The number of carbonyl (C=O) groups excluding carboxylic acids is 1. The van der Waals surface area contributed by atoms with E-state index < -0.39 is 0 Å². The molecule has 3 unspecified atom stereocenters. The molecule has 168 valence electrons. The number of hydrogen-bond acceptors (Lipinski definition) is 2. The van der Waals surface area contributed by atoms with Crippen LogP contribution in [-0.2, 0) is 4.79 Å². The van der Waals surface area contributed by atoms with Crippen LogP contribution in [0.5, 0.6) is 0 Å². The molecule has 4 aliphatic carbocycles. The quantitative estimate of drug-likeness (QED) is 0.694. The molecule has 5 fully saturated rings. The third-order valence-corrected chi connectivity index (χ3v) is 10.7. The number of aryl methyl sites for hydroxylation is 1. The summed E-state index contributed by atoms with van der Waals surface area (Å²) in [6, 6.07) is 11.2. The average molecular weight is 421 g/mol. The van der Waals surface area contributed by atoms with Crippen LogP contribution >= 0.6 is 0 Å². The second kappa shape index (κ2) is 7.07. The third kappa shape index (κ3) is 3.13. The van der Waals surface area contributed by atoms with E-state index in [-0.39, 0.29) is 11.3 Å². The summed E-state index contributed by atoms with van der Waals surface area (Å²) in [6.07, 6.45) is 11.1. The topological polar surface area (TPSA) is 41.1 Å². The van der Waals surface area contributed by atoms with Gasteiger partial charge in [-0.3, -0.25) is 4.79 Å². The number of rotatable bonds is 3. The summed E-state index contributed by atoms with van der Waals surface area (Å²) in [5.74, 6) is 3.15. The van der Waals surface area contributed by atoms with Gasteiger partial charge in [0.25, 0.3) is 0 Å². The van der Waals surface area contributed by atoms with E-state index >= 15 is 0 Å². The average Bonchev–Trinajstić information content (AvgIpc) is 3.51. The van der Waals surface area contributed by atoms with Crippen molar-refractivity contribution in [3.05, 3.63) is 35.4 Å².